The van der Waals surface area contributed by atoms with Crippen molar-refractivity contribution in [1.29, 1.82) is 0 Å². The molecule has 5 heteroatoms. The highest BCUT2D eigenvalue weighted by Gasteiger charge is 2.53. The summed E-state index contributed by atoms with van der Waals surface area (Å²) >= 11 is 0. The van der Waals surface area contributed by atoms with Gasteiger partial charge < -0.3 is 18.8 Å². The lowest BCUT2D eigenvalue weighted by molar-refractivity contribution is 0.00578. The highest BCUT2D eigenvalue weighted by Crippen LogP contribution is 2.37. The predicted octanol–water partition coefficient (Wildman–Crippen LogP) is 4.61. The summed E-state index contributed by atoms with van der Waals surface area (Å²) in [6.45, 7) is 14.0. The minimum Gasteiger partial charge on any atom is -0.494 e. The van der Waals surface area contributed by atoms with Crippen molar-refractivity contribution in [2.24, 2.45) is 0 Å². The van der Waals surface area contributed by atoms with Gasteiger partial charge in [0.15, 0.2) is 0 Å². The van der Waals surface area contributed by atoms with Crippen LogP contribution >= 0.6 is 0 Å². The number of hydrogen-bond acceptors (Lipinski definition) is 4. The molecule has 0 bridgehead atoms. The van der Waals surface area contributed by atoms with Crippen molar-refractivity contribution >= 4 is 18.7 Å². The van der Waals surface area contributed by atoms with Gasteiger partial charge in [-0.05, 0) is 44.9 Å². The molecule has 0 atom stereocenters. The molecule has 0 unspecified atom stereocenters. The molecule has 154 valence electrons. The summed E-state index contributed by atoms with van der Waals surface area (Å²) in [5.74, 6) is 0.768. The van der Waals surface area contributed by atoms with E-state index in [1.165, 1.54) is 5.56 Å². The van der Waals surface area contributed by atoms with Crippen LogP contribution in [0.2, 0.25) is 0 Å². The Labute approximate surface area is 175 Å². The van der Waals surface area contributed by atoms with E-state index in [1.54, 1.807) is 0 Å². The molecule has 1 aliphatic heterocycles. The monoisotopic (exact) mass is 394 g/mol. The maximum atomic E-state index is 6.25. The standard InChI is InChI=1S/C24H31BO4/c1-6-20-14-10-15-21(22(20)25-28-23(2,3)24(4,5)29-25)27-17-11-16-26-18-19-12-8-7-9-13-19/h6-10,12-15H,1,11,16-18H2,2-5H3. The molecule has 2 aromatic carbocycles. The lowest BCUT2D eigenvalue weighted by Gasteiger charge is -2.32. The topological polar surface area (TPSA) is 36.9 Å². The summed E-state index contributed by atoms with van der Waals surface area (Å²) in [6.07, 6.45) is 2.62. The maximum Gasteiger partial charge on any atom is 0.499 e. The highest BCUT2D eigenvalue weighted by molar-refractivity contribution is 6.64. The first-order chi connectivity index (χ1) is 13.8. The summed E-state index contributed by atoms with van der Waals surface area (Å²) in [7, 11) is -0.487. The number of ether oxygens (including phenoxy) is 2. The van der Waals surface area contributed by atoms with Crippen molar-refractivity contribution in [2.45, 2.75) is 51.9 Å². The van der Waals surface area contributed by atoms with E-state index in [-0.39, 0.29) is 0 Å². The van der Waals surface area contributed by atoms with Gasteiger partial charge in [0.05, 0.1) is 31.0 Å². The average molecular weight is 394 g/mol. The van der Waals surface area contributed by atoms with Crippen molar-refractivity contribution in [3.63, 3.8) is 0 Å². The van der Waals surface area contributed by atoms with Crippen LogP contribution in [0.4, 0.5) is 0 Å². The van der Waals surface area contributed by atoms with Crippen LogP contribution in [0.3, 0.4) is 0 Å². The van der Waals surface area contributed by atoms with Gasteiger partial charge in [-0.15, -0.1) is 0 Å². The third-order valence-electron chi connectivity index (χ3n) is 5.61. The normalized spacial score (nSPS) is 17.3. The Hall–Kier alpha value is -2.08. The molecule has 1 fully saturated rings. The predicted molar refractivity (Wildman–Crippen MR) is 118 cm³/mol. The Morgan fingerprint density at radius 2 is 1.62 bits per heavy atom. The van der Waals surface area contributed by atoms with Crippen LogP contribution in [0.25, 0.3) is 6.08 Å². The van der Waals surface area contributed by atoms with Gasteiger partial charge in [0, 0.05) is 11.9 Å². The largest absolute Gasteiger partial charge is 0.499 e. The molecule has 0 radical (unpaired) electrons. The third kappa shape index (κ3) is 5.10. The smallest absolute Gasteiger partial charge is 0.494 e. The van der Waals surface area contributed by atoms with E-state index in [9.17, 15) is 0 Å². The van der Waals surface area contributed by atoms with Gasteiger partial charge in [-0.3, -0.25) is 0 Å². The molecule has 0 spiro atoms. The SMILES string of the molecule is C=Cc1cccc(OCCCOCc2ccccc2)c1B1OC(C)(C)C(C)(C)O1. The summed E-state index contributed by atoms with van der Waals surface area (Å²) in [6, 6.07) is 16.1. The van der Waals surface area contributed by atoms with Gasteiger partial charge >= 0.3 is 7.12 Å². The first kappa shape index (κ1) is 21.6. The van der Waals surface area contributed by atoms with Gasteiger partial charge in [-0.25, -0.2) is 0 Å². The molecule has 0 saturated carbocycles. The van der Waals surface area contributed by atoms with Crippen LogP contribution in [-0.2, 0) is 20.7 Å². The minimum absolute atomic E-state index is 0.408. The molecule has 0 N–H and O–H groups in total. The Kier molecular flexibility index (Phi) is 6.83. The van der Waals surface area contributed by atoms with Crippen LogP contribution in [0, 0.1) is 0 Å². The Morgan fingerprint density at radius 3 is 2.28 bits per heavy atom. The van der Waals surface area contributed by atoms with Crippen LogP contribution in [0.15, 0.2) is 55.1 Å². The van der Waals surface area contributed by atoms with Gasteiger partial charge in [0.1, 0.15) is 5.75 Å². The van der Waals surface area contributed by atoms with E-state index in [2.05, 4.69) is 18.7 Å². The second-order valence-electron chi connectivity index (χ2n) is 8.29. The molecule has 0 aliphatic carbocycles. The van der Waals surface area contributed by atoms with Gasteiger partial charge in [-0.2, -0.15) is 0 Å². The van der Waals surface area contributed by atoms with E-state index in [1.807, 2.05) is 70.2 Å². The number of rotatable bonds is 9. The van der Waals surface area contributed by atoms with Crippen LogP contribution in [-0.4, -0.2) is 31.5 Å². The lowest BCUT2D eigenvalue weighted by Crippen LogP contribution is -2.41. The first-order valence-electron chi connectivity index (χ1n) is 10.2. The van der Waals surface area contributed by atoms with Gasteiger partial charge in [0.25, 0.3) is 0 Å². The Balaban J connectivity index is 1.59. The molecule has 1 aliphatic rings. The van der Waals surface area contributed by atoms with E-state index < -0.39 is 18.3 Å². The molecule has 3 rings (SSSR count). The van der Waals surface area contributed by atoms with Crippen molar-refractivity contribution < 1.29 is 18.8 Å². The molecule has 4 nitrogen and oxygen atoms in total. The minimum atomic E-state index is -0.487. The lowest BCUT2D eigenvalue weighted by atomic mass is 9.75. The van der Waals surface area contributed by atoms with Crippen LogP contribution in [0.1, 0.15) is 45.2 Å². The fraction of sp³-hybridized carbons (Fsp3) is 0.417. The zero-order valence-electron chi connectivity index (χ0n) is 17.9. The molecule has 1 heterocycles. The molecular formula is C24H31BO4. The van der Waals surface area contributed by atoms with Gasteiger partial charge in [-0.1, -0.05) is 55.1 Å². The van der Waals surface area contributed by atoms with Gasteiger partial charge in [0.2, 0.25) is 0 Å². The summed E-state index contributed by atoms with van der Waals surface area (Å²) in [5, 5.41) is 0. The summed E-state index contributed by atoms with van der Waals surface area (Å²) < 4.78 is 24.3. The molecule has 2 aromatic rings. The van der Waals surface area contributed by atoms with E-state index in [0.29, 0.717) is 19.8 Å². The van der Waals surface area contributed by atoms with E-state index >= 15 is 0 Å². The Bertz CT molecular complexity index is 801. The third-order valence-corrected chi connectivity index (χ3v) is 5.61. The highest BCUT2D eigenvalue weighted by atomic mass is 16.7. The second kappa shape index (κ2) is 9.16. The van der Waals surface area contributed by atoms with Crippen molar-refractivity contribution in [3.8, 4) is 5.75 Å². The molecule has 1 saturated heterocycles. The van der Waals surface area contributed by atoms with Crippen molar-refractivity contribution in [3.05, 3.63) is 66.2 Å². The zero-order chi connectivity index (χ0) is 20.9. The average Bonchev–Trinajstić information content (AvgIpc) is 2.92. The van der Waals surface area contributed by atoms with Crippen LogP contribution in [0.5, 0.6) is 5.75 Å². The van der Waals surface area contributed by atoms with Crippen molar-refractivity contribution in [1.82, 2.24) is 0 Å². The fourth-order valence-corrected chi connectivity index (χ4v) is 3.19. The maximum absolute atomic E-state index is 6.25. The Morgan fingerprint density at radius 1 is 0.931 bits per heavy atom. The molecular weight excluding hydrogens is 363 g/mol. The summed E-state index contributed by atoms with van der Waals surface area (Å²) in [4.78, 5) is 0. The number of hydrogen-bond donors (Lipinski definition) is 0. The van der Waals surface area contributed by atoms with E-state index in [0.717, 1.165) is 23.2 Å². The second-order valence-corrected chi connectivity index (χ2v) is 8.29. The molecule has 0 aromatic heterocycles. The first-order valence-corrected chi connectivity index (χ1v) is 10.2. The molecule has 0 amide bonds. The number of benzene rings is 2. The molecule has 29 heavy (non-hydrogen) atoms. The van der Waals surface area contributed by atoms with E-state index in [4.69, 9.17) is 18.8 Å². The van der Waals surface area contributed by atoms with Crippen molar-refractivity contribution in [2.75, 3.05) is 13.2 Å². The zero-order valence-corrected chi connectivity index (χ0v) is 17.9. The van der Waals surface area contributed by atoms with Crippen LogP contribution < -0.4 is 10.2 Å². The quantitative estimate of drug-likeness (QED) is 0.460. The fourth-order valence-electron chi connectivity index (χ4n) is 3.19. The summed E-state index contributed by atoms with van der Waals surface area (Å²) in [5.41, 5.74) is 2.21.